The van der Waals surface area contributed by atoms with Crippen LogP contribution in [0.3, 0.4) is 0 Å². The number of aromatic nitrogens is 2. The molecular weight excluding hydrogens is 154 g/mol. The summed E-state index contributed by atoms with van der Waals surface area (Å²) in [6.45, 7) is 0. The average molecular weight is 163 g/mol. The van der Waals surface area contributed by atoms with Crippen molar-refractivity contribution in [1.29, 1.82) is 0 Å². The topological polar surface area (TPSA) is 60.9 Å². The summed E-state index contributed by atoms with van der Waals surface area (Å²) in [6.07, 6.45) is 1.87. The summed E-state index contributed by atoms with van der Waals surface area (Å²) >= 11 is 0. The molecule has 0 fully saturated rings. The maximum absolute atomic E-state index is 10.3. The first-order chi connectivity index (χ1) is 5.68. The Morgan fingerprint density at radius 3 is 3.08 bits per heavy atom. The van der Waals surface area contributed by atoms with Crippen molar-refractivity contribution in [2.24, 2.45) is 12.8 Å². The Morgan fingerprint density at radius 1 is 1.83 bits per heavy atom. The van der Waals surface area contributed by atoms with Gasteiger partial charge in [-0.3, -0.25) is 9.48 Å². The predicted octanol–water partition coefficient (Wildman–Crippen LogP) is -0.353. The second-order valence-electron chi connectivity index (χ2n) is 2.32. The first kappa shape index (κ1) is 8.34. The van der Waals surface area contributed by atoms with Crippen molar-refractivity contribution in [3.8, 4) is 11.8 Å². The number of nitrogens with two attached hydrogens (primary N) is 1. The van der Waals surface area contributed by atoms with Gasteiger partial charge in [0.1, 0.15) is 5.69 Å². The molecule has 0 aromatic carbocycles. The molecule has 0 bridgehead atoms. The van der Waals surface area contributed by atoms with Crippen LogP contribution in [0.5, 0.6) is 0 Å². The number of aryl methyl sites for hydroxylation is 1. The van der Waals surface area contributed by atoms with Gasteiger partial charge in [0, 0.05) is 13.2 Å². The molecule has 12 heavy (non-hydrogen) atoms. The number of nitrogens with zero attached hydrogens (tertiary/aromatic N) is 2. The Labute approximate surface area is 70.4 Å². The normalized spacial score (nSPS) is 8.75. The molecule has 62 valence electrons. The molecule has 0 aliphatic rings. The van der Waals surface area contributed by atoms with Crippen LogP contribution in [0.4, 0.5) is 0 Å². The van der Waals surface area contributed by atoms with Crippen LogP contribution in [0, 0.1) is 11.8 Å². The highest BCUT2D eigenvalue weighted by Crippen LogP contribution is 1.89. The molecule has 1 rings (SSSR count). The first-order valence-electron chi connectivity index (χ1n) is 3.45. The smallest absolute Gasteiger partial charge is 0.229 e. The molecule has 1 amide bonds. The van der Waals surface area contributed by atoms with Crippen LogP contribution >= 0.6 is 0 Å². The van der Waals surface area contributed by atoms with Gasteiger partial charge < -0.3 is 5.73 Å². The van der Waals surface area contributed by atoms with Crippen LogP contribution in [0.1, 0.15) is 12.1 Å². The highest BCUT2D eigenvalue weighted by atomic mass is 16.1. The molecule has 4 nitrogen and oxygen atoms in total. The molecule has 1 aromatic rings. The number of hydrogen-bond acceptors (Lipinski definition) is 2. The van der Waals surface area contributed by atoms with Gasteiger partial charge in [0.15, 0.2) is 0 Å². The van der Waals surface area contributed by atoms with Crippen LogP contribution in [0.2, 0.25) is 0 Å². The molecule has 0 saturated heterocycles. The van der Waals surface area contributed by atoms with Gasteiger partial charge in [-0.2, -0.15) is 5.10 Å². The fraction of sp³-hybridized carbons (Fsp3) is 0.250. The van der Waals surface area contributed by atoms with E-state index in [0.717, 1.165) is 0 Å². The third-order valence-corrected chi connectivity index (χ3v) is 1.19. The molecule has 0 aliphatic carbocycles. The third-order valence-electron chi connectivity index (χ3n) is 1.19. The quantitative estimate of drug-likeness (QED) is 0.575. The lowest BCUT2D eigenvalue weighted by Crippen LogP contribution is -2.08. The largest absolute Gasteiger partial charge is 0.369 e. The van der Waals surface area contributed by atoms with Crippen molar-refractivity contribution in [3.05, 3.63) is 18.0 Å². The Hall–Kier alpha value is -1.76. The zero-order valence-corrected chi connectivity index (χ0v) is 6.74. The summed E-state index contributed by atoms with van der Waals surface area (Å²) in [4.78, 5) is 10.3. The van der Waals surface area contributed by atoms with Crippen molar-refractivity contribution >= 4 is 5.91 Å². The maximum Gasteiger partial charge on any atom is 0.229 e. The van der Waals surface area contributed by atoms with Crippen molar-refractivity contribution < 1.29 is 4.79 Å². The van der Waals surface area contributed by atoms with E-state index in [1.165, 1.54) is 0 Å². The molecule has 4 heteroatoms. The third kappa shape index (κ3) is 2.46. The van der Waals surface area contributed by atoms with Gasteiger partial charge in [-0.1, -0.05) is 5.92 Å². The minimum absolute atomic E-state index is 0.0799. The summed E-state index contributed by atoms with van der Waals surface area (Å²) in [5, 5.41) is 4.00. The molecule has 1 aromatic heterocycles. The first-order valence-corrected chi connectivity index (χ1v) is 3.45. The lowest BCUT2D eigenvalue weighted by molar-refractivity contribution is -0.117. The molecule has 0 atom stereocenters. The SMILES string of the molecule is Cn1ccc(C#CCC(N)=O)n1. The van der Waals surface area contributed by atoms with E-state index in [0.29, 0.717) is 5.69 Å². The number of carbonyl (C=O) groups excluding carboxylic acids is 1. The summed E-state index contributed by atoms with van der Waals surface area (Å²) in [5.74, 6) is 4.91. The zero-order chi connectivity index (χ0) is 8.97. The summed E-state index contributed by atoms with van der Waals surface area (Å²) in [7, 11) is 1.80. The van der Waals surface area contributed by atoms with E-state index in [9.17, 15) is 4.79 Å². The van der Waals surface area contributed by atoms with Crippen LogP contribution in [-0.4, -0.2) is 15.7 Å². The molecule has 0 radical (unpaired) electrons. The highest BCUT2D eigenvalue weighted by Gasteiger charge is 1.90. The van der Waals surface area contributed by atoms with E-state index in [4.69, 9.17) is 5.73 Å². The summed E-state index contributed by atoms with van der Waals surface area (Å²) in [6, 6.07) is 1.77. The van der Waals surface area contributed by atoms with Gasteiger partial charge >= 0.3 is 0 Å². The fourth-order valence-corrected chi connectivity index (χ4v) is 0.704. The van der Waals surface area contributed by atoms with Gasteiger partial charge in [0.05, 0.1) is 6.42 Å². The van der Waals surface area contributed by atoms with E-state index < -0.39 is 5.91 Å². The predicted molar refractivity (Wildman–Crippen MR) is 43.9 cm³/mol. The summed E-state index contributed by atoms with van der Waals surface area (Å²) < 4.78 is 1.65. The molecular formula is C8H9N3O. The molecule has 0 unspecified atom stereocenters. The van der Waals surface area contributed by atoms with Crippen molar-refractivity contribution in [1.82, 2.24) is 9.78 Å². The van der Waals surface area contributed by atoms with Crippen molar-refractivity contribution in [2.45, 2.75) is 6.42 Å². The number of hydrogen-bond donors (Lipinski definition) is 1. The lowest BCUT2D eigenvalue weighted by atomic mass is 10.3. The van der Waals surface area contributed by atoms with Crippen LogP contribution in [0.25, 0.3) is 0 Å². The zero-order valence-electron chi connectivity index (χ0n) is 6.74. The average Bonchev–Trinajstić information content (AvgIpc) is 2.35. The molecule has 2 N–H and O–H groups in total. The van der Waals surface area contributed by atoms with Gasteiger partial charge in [0.25, 0.3) is 0 Å². The number of rotatable bonds is 1. The molecule has 1 heterocycles. The Bertz CT molecular complexity index is 343. The minimum atomic E-state index is -0.418. The van der Waals surface area contributed by atoms with Gasteiger partial charge in [-0.15, -0.1) is 0 Å². The van der Waals surface area contributed by atoms with Crippen molar-refractivity contribution in [3.63, 3.8) is 0 Å². The van der Waals surface area contributed by atoms with Crippen LogP contribution < -0.4 is 5.73 Å². The maximum atomic E-state index is 10.3. The number of primary amides is 1. The summed E-state index contributed by atoms with van der Waals surface area (Å²) in [5.41, 5.74) is 5.55. The Morgan fingerprint density at radius 2 is 2.58 bits per heavy atom. The van der Waals surface area contributed by atoms with E-state index in [2.05, 4.69) is 16.9 Å². The van der Waals surface area contributed by atoms with Gasteiger partial charge in [-0.05, 0) is 12.0 Å². The van der Waals surface area contributed by atoms with Crippen LogP contribution in [0.15, 0.2) is 12.3 Å². The van der Waals surface area contributed by atoms with Gasteiger partial charge in [0.2, 0.25) is 5.91 Å². The lowest BCUT2D eigenvalue weighted by Gasteiger charge is -1.81. The second kappa shape index (κ2) is 3.58. The molecule has 0 saturated carbocycles. The standard InChI is InChI=1S/C8H9N3O/c1-11-6-5-7(10-11)3-2-4-8(9)12/h5-6H,4H2,1H3,(H2,9,12). The highest BCUT2D eigenvalue weighted by molar-refractivity contribution is 5.76. The molecule has 0 spiro atoms. The monoisotopic (exact) mass is 163 g/mol. The second-order valence-corrected chi connectivity index (χ2v) is 2.32. The Kier molecular flexibility index (Phi) is 2.49. The van der Waals surface area contributed by atoms with E-state index in [1.807, 2.05) is 0 Å². The molecule has 0 aliphatic heterocycles. The Balaban J connectivity index is 2.60. The number of carbonyl (C=O) groups is 1. The van der Waals surface area contributed by atoms with Crippen LogP contribution in [-0.2, 0) is 11.8 Å². The van der Waals surface area contributed by atoms with E-state index in [1.54, 1.807) is 24.0 Å². The van der Waals surface area contributed by atoms with E-state index >= 15 is 0 Å². The van der Waals surface area contributed by atoms with Gasteiger partial charge in [-0.25, -0.2) is 0 Å². The minimum Gasteiger partial charge on any atom is -0.369 e. The number of amides is 1. The van der Waals surface area contributed by atoms with E-state index in [-0.39, 0.29) is 6.42 Å². The fourth-order valence-electron chi connectivity index (χ4n) is 0.704. The van der Waals surface area contributed by atoms with Crippen molar-refractivity contribution in [2.75, 3.05) is 0 Å².